The molecule has 2 N–H and O–H groups in total. The minimum Gasteiger partial charge on any atom is -0.330 e. The van der Waals surface area contributed by atoms with E-state index in [1.54, 1.807) is 0 Å². The fraction of sp³-hybridized carbons (Fsp3) is 0.727. The number of aromatic nitrogens is 2. The van der Waals surface area contributed by atoms with Crippen LogP contribution in [0.5, 0.6) is 0 Å². The molecule has 0 radical (unpaired) electrons. The standard InChI is InChI=1S/C11H17N3/c1-14-10-2-3-11(4-5-11)9(6-12)8(10)7-13-14/h7,9H,2-6,12H2,1H3. The lowest BCUT2D eigenvalue weighted by Crippen LogP contribution is -2.28. The number of aryl methyl sites for hydroxylation is 1. The zero-order chi connectivity index (χ0) is 9.76. The quantitative estimate of drug-likeness (QED) is 0.724. The Balaban J connectivity index is 2.07. The Bertz CT molecular complexity index is 363. The van der Waals surface area contributed by atoms with Crippen molar-refractivity contribution in [3.63, 3.8) is 0 Å². The number of rotatable bonds is 1. The third-order valence-electron chi connectivity index (χ3n) is 4.20. The predicted octanol–water partition coefficient (Wildman–Crippen LogP) is 1.19. The van der Waals surface area contributed by atoms with E-state index in [0.717, 1.165) is 6.54 Å². The summed E-state index contributed by atoms with van der Waals surface area (Å²) >= 11 is 0. The van der Waals surface area contributed by atoms with Crippen LogP contribution in [0.3, 0.4) is 0 Å². The lowest BCUT2D eigenvalue weighted by atomic mass is 9.75. The van der Waals surface area contributed by atoms with Crippen molar-refractivity contribution in [2.24, 2.45) is 18.2 Å². The molecule has 0 amide bonds. The van der Waals surface area contributed by atoms with Gasteiger partial charge in [0.05, 0.1) is 6.20 Å². The Morgan fingerprint density at radius 3 is 3.00 bits per heavy atom. The number of fused-ring (bicyclic) bond motifs is 1. The van der Waals surface area contributed by atoms with Gasteiger partial charge in [0.1, 0.15) is 0 Å². The first-order valence-electron chi connectivity index (χ1n) is 5.48. The zero-order valence-corrected chi connectivity index (χ0v) is 8.66. The van der Waals surface area contributed by atoms with Crippen LogP contribution in [0.25, 0.3) is 0 Å². The van der Waals surface area contributed by atoms with Gasteiger partial charge in [0, 0.05) is 18.7 Å². The van der Waals surface area contributed by atoms with E-state index in [2.05, 4.69) is 5.10 Å². The third-order valence-corrected chi connectivity index (χ3v) is 4.20. The fourth-order valence-electron chi connectivity index (χ4n) is 3.08. The molecule has 1 unspecified atom stereocenters. The second-order valence-electron chi connectivity index (χ2n) is 4.82. The van der Waals surface area contributed by atoms with Crippen molar-refractivity contribution >= 4 is 0 Å². The Morgan fingerprint density at radius 1 is 1.57 bits per heavy atom. The molecule has 76 valence electrons. The van der Waals surface area contributed by atoms with Crippen molar-refractivity contribution < 1.29 is 0 Å². The van der Waals surface area contributed by atoms with Gasteiger partial charge in [-0.1, -0.05) is 0 Å². The van der Waals surface area contributed by atoms with E-state index < -0.39 is 0 Å². The maximum absolute atomic E-state index is 5.91. The third kappa shape index (κ3) is 0.934. The van der Waals surface area contributed by atoms with Crippen LogP contribution in [-0.4, -0.2) is 16.3 Å². The van der Waals surface area contributed by atoms with Crippen LogP contribution in [0.2, 0.25) is 0 Å². The molecule has 2 aliphatic carbocycles. The average Bonchev–Trinajstić information content (AvgIpc) is 2.85. The van der Waals surface area contributed by atoms with Crippen LogP contribution in [0.1, 0.15) is 36.4 Å². The highest BCUT2D eigenvalue weighted by molar-refractivity contribution is 5.31. The Hall–Kier alpha value is -0.830. The minimum atomic E-state index is 0.574. The van der Waals surface area contributed by atoms with Crippen molar-refractivity contribution in [1.82, 2.24) is 9.78 Å². The first-order chi connectivity index (χ1) is 6.77. The van der Waals surface area contributed by atoms with Crippen LogP contribution in [-0.2, 0) is 13.5 Å². The molecule has 1 fully saturated rings. The van der Waals surface area contributed by atoms with Crippen LogP contribution in [0.4, 0.5) is 0 Å². The zero-order valence-electron chi connectivity index (χ0n) is 8.66. The summed E-state index contributed by atoms with van der Waals surface area (Å²) in [6.07, 6.45) is 7.31. The fourth-order valence-corrected chi connectivity index (χ4v) is 3.08. The number of nitrogens with zero attached hydrogens (tertiary/aromatic N) is 2. The molecule has 0 bridgehead atoms. The van der Waals surface area contributed by atoms with Gasteiger partial charge in [0.2, 0.25) is 0 Å². The van der Waals surface area contributed by atoms with Gasteiger partial charge in [-0.15, -0.1) is 0 Å². The van der Waals surface area contributed by atoms with E-state index in [1.165, 1.54) is 36.9 Å². The molecule has 0 saturated heterocycles. The van der Waals surface area contributed by atoms with Crippen LogP contribution < -0.4 is 5.73 Å². The monoisotopic (exact) mass is 191 g/mol. The molecule has 1 spiro atoms. The maximum atomic E-state index is 5.91. The molecule has 3 heteroatoms. The molecule has 1 aromatic heterocycles. The highest BCUT2D eigenvalue weighted by Crippen LogP contribution is 2.61. The van der Waals surface area contributed by atoms with Gasteiger partial charge in [-0.2, -0.15) is 5.10 Å². The molecule has 3 rings (SSSR count). The molecular formula is C11H17N3. The molecule has 3 nitrogen and oxygen atoms in total. The molecule has 1 heterocycles. The summed E-state index contributed by atoms with van der Waals surface area (Å²) in [4.78, 5) is 0. The summed E-state index contributed by atoms with van der Waals surface area (Å²) in [5.41, 5.74) is 9.32. The Morgan fingerprint density at radius 2 is 2.36 bits per heavy atom. The molecule has 14 heavy (non-hydrogen) atoms. The SMILES string of the molecule is Cn1ncc2c1CCC1(CC1)C2CN. The van der Waals surface area contributed by atoms with E-state index in [9.17, 15) is 0 Å². The van der Waals surface area contributed by atoms with Gasteiger partial charge in [-0.25, -0.2) is 0 Å². The molecule has 1 atom stereocenters. The average molecular weight is 191 g/mol. The van der Waals surface area contributed by atoms with Crippen molar-refractivity contribution in [2.45, 2.75) is 31.6 Å². The number of nitrogens with two attached hydrogens (primary N) is 1. The highest BCUT2D eigenvalue weighted by Gasteiger charge is 2.51. The Kier molecular flexibility index (Phi) is 1.57. The van der Waals surface area contributed by atoms with Gasteiger partial charge >= 0.3 is 0 Å². The molecule has 0 aliphatic heterocycles. The summed E-state index contributed by atoms with van der Waals surface area (Å²) in [5.74, 6) is 0.583. The first-order valence-corrected chi connectivity index (χ1v) is 5.48. The van der Waals surface area contributed by atoms with Gasteiger partial charge < -0.3 is 5.73 Å². The van der Waals surface area contributed by atoms with Gasteiger partial charge in [0.15, 0.2) is 0 Å². The van der Waals surface area contributed by atoms with E-state index in [1.807, 2.05) is 17.9 Å². The molecule has 2 aliphatic rings. The summed E-state index contributed by atoms with van der Waals surface area (Å²) in [5, 5.41) is 4.35. The van der Waals surface area contributed by atoms with Crippen LogP contribution in [0, 0.1) is 5.41 Å². The molecule has 0 aromatic carbocycles. The van der Waals surface area contributed by atoms with Crippen molar-refractivity contribution in [2.75, 3.05) is 6.54 Å². The van der Waals surface area contributed by atoms with Crippen LogP contribution in [0.15, 0.2) is 6.20 Å². The van der Waals surface area contributed by atoms with E-state index in [-0.39, 0.29) is 0 Å². The van der Waals surface area contributed by atoms with E-state index >= 15 is 0 Å². The topological polar surface area (TPSA) is 43.8 Å². The molecule has 1 aromatic rings. The maximum Gasteiger partial charge on any atom is 0.0528 e. The summed E-state index contributed by atoms with van der Waals surface area (Å²) in [6.45, 7) is 0.790. The second kappa shape index (κ2) is 2.60. The van der Waals surface area contributed by atoms with Crippen LogP contribution >= 0.6 is 0 Å². The van der Waals surface area contributed by atoms with Crippen molar-refractivity contribution in [1.29, 1.82) is 0 Å². The summed E-state index contributed by atoms with van der Waals surface area (Å²) in [6, 6.07) is 0. The highest BCUT2D eigenvalue weighted by atomic mass is 15.3. The lowest BCUT2D eigenvalue weighted by molar-refractivity contribution is 0.347. The first kappa shape index (κ1) is 8.48. The number of hydrogen-bond donors (Lipinski definition) is 1. The molecular weight excluding hydrogens is 174 g/mol. The normalized spacial score (nSPS) is 27.7. The van der Waals surface area contributed by atoms with Gasteiger partial charge in [-0.3, -0.25) is 4.68 Å². The van der Waals surface area contributed by atoms with Gasteiger partial charge in [0.25, 0.3) is 0 Å². The van der Waals surface area contributed by atoms with E-state index in [4.69, 9.17) is 5.73 Å². The largest absolute Gasteiger partial charge is 0.330 e. The molecule has 1 saturated carbocycles. The van der Waals surface area contributed by atoms with Crippen molar-refractivity contribution in [3.05, 3.63) is 17.5 Å². The predicted molar refractivity (Wildman–Crippen MR) is 55.0 cm³/mol. The second-order valence-corrected chi connectivity index (χ2v) is 4.82. The van der Waals surface area contributed by atoms with E-state index in [0.29, 0.717) is 11.3 Å². The summed E-state index contributed by atoms with van der Waals surface area (Å²) < 4.78 is 2.02. The smallest absolute Gasteiger partial charge is 0.0528 e. The lowest BCUT2D eigenvalue weighted by Gasteiger charge is -2.31. The number of hydrogen-bond acceptors (Lipinski definition) is 2. The minimum absolute atomic E-state index is 0.574. The summed E-state index contributed by atoms with van der Waals surface area (Å²) in [7, 11) is 2.04. The van der Waals surface area contributed by atoms with Gasteiger partial charge in [-0.05, 0) is 43.2 Å². The van der Waals surface area contributed by atoms with Crippen molar-refractivity contribution in [3.8, 4) is 0 Å². The Labute approximate surface area is 84.3 Å².